The van der Waals surface area contributed by atoms with Gasteiger partial charge in [0.05, 0.1) is 12.3 Å². The Morgan fingerprint density at radius 2 is 2.10 bits per heavy atom. The normalized spacial score (nSPS) is 11.8. The number of nitrogen functional groups attached to an aromatic ring is 1. The summed E-state index contributed by atoms with van der Waals surface area (Å²) in [5.74, 6) is 0. The number of hydrogen-bond acceptors (Lipinski definition) is 4. The fourth-order valence-electron chi connectivity index (χ4n) is 1.63. The predicted molar refractivity (Wildman–Crippen MR) is 87.1 cm³/mol. The van der Waals surface area contributed by atoms with E-state index >= 15 is 0 Å². The quantitative estimate of drug-likeness (QED) is 0.536. The zero-order valence-corrected chi connectivity index (χ0v) is 15.0. The van der Waals surface area contributed by atoms with Gasteiger partial charge in [-0.3, -0.25) is 0 Å². The van der Waals surface area contributed by atoms with Gasteiger partial charge in [-0.1, -0.05) is 22.0 Å². The van der Waals surface area contributed by atoms with Crippen LogP contribution in [0.5, 0.6) is 0 Å². The molecule has 1 aromatic rings. The van der Waals surface area contributed by atoms with Gasteiger partial charge in [0.2, 0.25) is 10.0 Å². The number of ether oxygens (including phenoxy) is 1. The Bertz CT molecular complexity index is 567. The summed E-state index contributed by atoms with van der Waals surface area (Å²) in [5.41, 5.74) is 6.03. The van der Waals surface area contributed by atoms with Crippen LogP contribution in [0, 0.1) is 0 Å². The van der Waals surface area contributed by atoms with Crippen LogP contribution >= 0.6 is 31.9 Å². The van der Waals surface area contributed by atoms with Gasteiger partial charge in [0.1, 0.15) is 4.90 Å². The molecule has 0 heterocycles. The highest BCUT2D eigenvalue weighted by molar-refractivity contribution is 9.11. The summed E-state index contributed by atoms with van der Waals surface area (Å²) in [6.07, 6.45) is 1.52. The summed E-state index contributed by atoms with van der Waals surface area (Å²) >= 11 is 6.52. The monoisotopic (exact) mass is 426 g/mol. The summed E-state index contributed by atoms with van der Waals surface area (Å²) in [6, 6.07) is 3.20. The van der Waals surface area contributed by atoms with E-state index in [9.17, 15) is 8.42 Å². The lowest BCUT2D eigenvalue weighted by molar-refractivity contribution is 0.182. The summed E-state index contributed by atoms with van der Waals surface area (Å²) in [7, 11) is -2.21. The van der Waals surface area contributed by atoms with Crippen LogP contribution in [0.3, 0.4) is 0 Å². The first-order valence-corrected chi connectivity index (χ1v) is 8.71. The zero-order valence-electron chi connectivity index (χ0n) is 11.0. The molecule has 0 spiro atoms. The number of benzene rings is 1. The van der Waals surface area contributed by atoms with Crippen molar-refractivity contribution in [2.45, 2.75) is 4.90 Å². The maximum absolute atomic E-state index is 12.7. The number of sulfonamides is 1. The smallest absolute Gasteiger partial charge is 0.246 e. The molecule has 0 saturated carbocycles. The highest BCUT2D eigenvalue weighted by Gasteiger charge is 2.28. The van der Waals surface area contributed by atoms with E-state index in [0.717, 1.165) is 0 Å². The summed E-state index contributed by atoms with van der Waals surface area (Å²) in [5, 5.41) is 0. The van der Waals surface area contributed by atoms with E-state index < -0.39 is 10.0 Å². The minimum absolute atomic E-state index is 0.0543. The average molecular weight is 428 g/mol. The molecule has 112 valence electrons. The summed E-state index contributed by atoms with van der Waals surface area (Å²) in [6.45, 7) is 4.29. The number of rotatable bonds is 7. The van der Waals surface area contributed by atoms with Gasteiger partial charge in [-0.2, -0.15) is 4.31 Å². The van der Waals surface area contributed by atoms with E-state index in [0.29, 0.717) is 15.6 Å². The predicted octanol–water partition coefficient (Wildman–Crippen LogP) is 2.62. The Balaban J connectivity index is 3.29. The minimum atomic E-state index is -3.72. The molecule has 5 nitrogen and oxygen atoms in total. The molecule has 2 N–H and O–H groups in total. The van der Waals surface area contributed by atoms with Crippen LogP contribution in [0.1, 0.15) is 0 Å². The van der Waals surface area contributed by atoms with Crippen LogP contribution in [0.15, 0.2) is 38.6 Å². The Morgan fingerprint density at radius 1 is 1.45 bits per heavy atom. The fraction of sp³-hybridized carbons (Fsp3) is 0.333. The second-order valence-corrected chi connectivity index (χ2v) is 7.60. The van der Waals surface area contributed by atoms with Gasteiger partial charge in [-0.25, -0.2) is 8.42 Å². The molecule has 0 radical (unpaired) electrons. The van der Waals surface area contributed by atoms with Crippen molar-refractivity contribution in [3.05, 3.63) is 33.7 Å². The van der Waals surface area contributed by atoms with E-state index in [1.54, 1.807) is 12.1 Å². The number of nitrogens with two attached hydrogens (primary N) is 1. The lowest BCUT2D eigenvalue weighted by atomic mass is 10.3. The first kappa shape index (κ1) is 17.6. The summed E-state index contributed by atoms with van der Waals surface area (Å²) in [4.78, 5) is 0.0543. The van der Waals surface area contributed by atoms with Crippen molar-refractivity contribution in [2.24, 2.45) is 0 Å². The van der Waals surface area contributed by atoms with Crippen LogP contribution in [0.2, 0.25) is 0 Å². The second-order valence-electron chi connectivity index (χ2n) is 3.95. The molecule has 0 aromatic heterocycles. The van der Waals surface area contributed by atoms with Gasteiger partial charge in [0, 0.05) is 29.1 Å². The van der Waals surface area contributed by atoms with E-state index in [1.165, 1.54) is 17.5 Å². The number of nitrogens with zero attached hydrogens (tertiary/aromatic N) is 1. The molecule has 0 atom stereocenters. The first-order valence-electron chi connectivity index (χ1n) is 5.69. The van der Waals surface area contributed by atoms with Crippen LogP contribution in [-0.4, -0.2) is 39.5 Å². The second kappa shape index (κ2) is 7.56. The Morgan fingerprint density at radius 3 is 2.60 bits per heavy atom. The molecular formula is C12H16Br2N2O3S. The van der Waals surface area contributed by atoms with E-state index in [1.807, 2.05) is 0 Å². The molecule has 0 saturated heterocycles. The number of anilines is 1. The van der Waals surface area contributed by atoms with E-state index in [2.05, 4.69) is 38.4 Å². The van der Waals surface area contributed by atoms with Crippen molar-refractivity contribution in [1.82, 2.24) is 4.31 Å². The van der Waals surface area contributed by atoms with Gasteiger partial charge in [0.15, 0.2) is 0 Å². The lowest BCUT2D eigenvalue weighted by Gasteiger charge is -2.22. The highest BCUT2D eigenvalue weighted by Crippen LogP contribution is 2.33. The third-order valence-electron chi connectivity index (χ3n) is 2.51. The van der Waals surface area contributed by atoms with Crippen LogP contribution in [-0.2, 0) is 14.8 Å². The SMILES string of the molecule is C=CCN(CCOC)S(=O)(=O)c1c(N)cc(Br)cc1Br. The van der Waals surface area contributed by atoms with Gasteiger partial charge in [-0.15, -0.1) is 6.58 Å². The Labute approximate surface area is 136 Å². The van der Waals surface area contributed by atoms with Gasteiger partial charge < -0.3 is 10.5 Å². The molecule has 1 aromatic carbocycles. The number of halogens is 2. The molecule has 0 aliphatic rings. The minimum Gasteiger partial charge on any atom is -0.398 e. The van der Waals surface area contributed by atoms with Crippen molar-refractivity contribution in [2.75, 3.05) is 32.5 Å². The highest BCUT2D eigenvalue weighted by atomic mass is 79.9. The van der Waals surface area contributed by atoms with Crippen molar-refractivity contribution in [3.63, 3.8) is 0 Å². The number of methoxy groups -OCH3 is 1. The average Bonchev–Trinajstić information content (AvgIpc) is 2.32. The maximum Gasteiger partial charge on any atom is 0.246 e. The van der Waals surface area contributed by atoms with Gasteiger partial charge in [-0.05, 0) is 28.1 Å². The van der Waals surface area contributed by atoms with E-state index in [4.69, 9.17) is 10.5 Å². The van der Waals surface area contributed by atoms with Gasteiger partial charge in [0.25, 0.3) is 0 Å². The maximum atomic E-state index is 12.7. The van der Waals surface area contributed by atoms with Crippen molar-refractivity contribution in [3.8, 4) is 0 Å². The summed E-state index contributed by atoms with van der Waals surface area (Å²) < 4.78 is 32.7. The molecule has 0 fully saturated rings. The Kier molecular flexibility index (Phi) is 6.67. The van der Waals surface area contributed by atoms with Crippen LogP contribution < -0.4 is 5.73 Å². The molecule has 20 heavy (non-hydrogen) atoms. The molecule has 0 amide bonds. The topological polar surface area (TPSA) is 72.6 Å². The number of hydrogen-bond donors (Lipinski definition) is 1. The standard InChI is InChI=1S/C12H16Br2N2O3S/c1-3-4-16(5-6-19-2)20(17,18)12-10(14)7-9(13)8-11(12)15/h3,7-8H,1,4-6,15H2,2H3. The molecule has 0 bridgehead atoms. The van der Waals surface area contributed by atoms with Crippen LogP contribution in [0.25, 0.3) is 0 Å². The Hall–Kier alpha value is -0.410. The largest absolute Gasteiger partial charge is 0.398 e. The zero-order chi connectivity index (χ0) is 15.3. The van der Waals surface area contributed by atoms with Crippen molar-refractivity contribution >= 4 is 47.6 Å². The van der Waals surface area contributed by atoms with Crippen molar-refractivity contribution < 1.29 is 13.2 Å². The molecule has 1 rings (SSSR count). The molecule has 0 aliphatic heterocycles. The third-order valence-corrected chi connectivity index (χ3v) is 5.84. The molecule has 0 aliphatic carbocycles. The molecular weight excluding hydrogens is 412 g/mol. The van der Waals surface area contributed by atoms with Gasteiger partial charge >= 0.3 is 0 Å². The molecule has 0 unspecified atom stereocenters. The lowest BCUT2D eigenvalue weighted by Crippen LogP contribution is -2.34. The fourth-order valence-corrected chi connectivity index (χ4v) is 5.04. The molecule has 8 heteroatoms. The first-order chi connectivity index (χ1) is 9.34. The van der Waals surface area contributed by atoms with Crippen LogP contribution in [0.4, 0.5) is 5.69 Å². The van der Waals surface area contributed by atoms with E-state index in [-0.39, 0.29) is 23.7 Å². The van der Waals surface area contributed by atoms with Crippen molar-refractivity contribution in [1.29, 1.82) is 0 Å². The third kappa shape index (κ3) is 4.05.